The van der Waals surface area contributed by atoms with Crippen LogP contribution < -0.4 is 11.1 Å². The van der Waals surface area contributed by atoms with E-state index in [0.29, 0.717) is 31.2 Å². The van der Waals surface area contributed by atoms with Crippen molar-refractivity contribution in [2.45, 2.75) is 13.0 Å². The lowest BCUT2D eigenvalue weighted by atomic mass is 10.0. The molecule has 1 aliphatic heterocycles. The van der Waals surface area contributed by atoms with Gasteiger partial charge in [0.2, 0.25) is 5.91 Å². The Labute approximate surface area is 180 Å². The Balaban J connectivity index is 1.43. The van der Waals surface area contributed by atoms with Crippen LogP contribution in [-0.2, 0) is 9.53 Å². The zero-order chi connectivity index (χ0) is 21.8. The van der Waals surface area contributed by atoms with Crippen LogP contribution >= 0.6 is 0 Å². The number of amides is 1. The zero-order valence-electron chi connectivity index (χ0n) is 17.2. The maximum atomic E-state index is 13.0. The summed E-state index contributed by atoms with van der Waals surface area (Å²) in [6.07, 6.45) is 1.49. The second-order valence-electron chi connectivity index (χ2n) is 7.54. The first-order valence-corrected chi connectivity index (χ1v) is 10.1. The SMILES string of the molecule is Cc1cc(-c2ccc(N)nc2)cc(C2CN(CC(=O)Nc3ccc(F)cc3)CCO2)n1. The van der Waals surface area contributed by atoms with E-state index >= 15 is 0 Å². The molecule has 0 saturated carbocycles. The Bertz CT molecular complexity index is 1060. The minimum Gasteiger partial charge on any atom is -0.384 e. The van der Waals surface area contributed by atoms with Crippen molar-refractivity contribution >= 4 is 17.4 Å². The molecule has 1 aromatic carbocycles. The molecule has 1 amide bonds. The van der Waals surface area contributed by atoms with Gasteiger partial charge < -0.3 is 15.8 Å². The number of carbonyl (C=O) groups is 1. The van der Waals surface area contributed by atoms with Crippen molar-refractivity contribution in [2.24, 2.45) is 0 Å². The Morgan fingerprint density at radius 2 is 2.03 bits per heavy atom. The summed E-state index contributed by atoms with van der Waals surface area (Å²) in [5, 5.41) is 2.79. The largest absolute Gasteiger partial charge is 0.384 e. The molecule has 1 fully saturated rings. The molecular formula is C23H24FN5O2. The third-order valence-corrected chi connectivity index (χ3v) is 5.07. The third-order valence-electron chi connectivity index (χ3n) is 5.07. The number of rotatable bonds is 5. The first-order chi connectivity index (χ1) is 15.0. The number of benzene rings is 1. The Hall–Kier alpha value is -3.36. The van der Waals surface area contributed by atoms with Gasteiger partial charge in [-0.25, -0.2) is 9.37 Å². The number of morpholine rings is 1. The molecule has 1 atom stereocenters. The first-order valence-electron chi connectivity index (χ1n) is 10.1. The third kappa shape index (κ3) is 5.42. The van der Waals surface area contributed by atoms with Gasteiger partial charge in [-0.15, -0.1) is 0 Å². The summed E-state index contributed by atoms with van der Waals surface area (Å²) in [6.45, 7) is 3.86. The number of hydrogen-bond acceptors (Lipinski definition) is 6. The fourth-order valence-electron chi connectivity index (χ4n) is 3.56. The molecule has 1 saturated heterocycles. The molecule has 0 radical (unpaired) electrons. The van der Waals surface area contributed by atoms with Crippen LogP contribution in [0.2, 0.25) is 0 Å². The second-order valence-corrected chi connectivity index (χ2v) is 7.54. The molecule has 2 aromatic heterocycles. The molecule has 3 N–H and O–H groups in total. The van der Waals surface area contributed by atoms with Crippen LogP contribution in [-0.4, -0.2) is 47.0 Å². The molecule has 7 nitrogen and oxygen atoms in total. The number of ether oxygens (including phenoxy) is 1. The average Bonchev–Trinajstić information content (AvgIpc) is 2.75. The fourth-order valence-corrected chi connectivity index (χ4v) is 3.56. The summed E-state index contributed by atoms with van der Waals surface area (Å²) in [5.74, 6) is -0.0215. The highest BCUT2D eigenvalue weighted by Gasteiger charge is 2.25. The lowest BCUT2D eigenvalue weighted by molar-refractivity contribution is -0.119. The molecule has 0 bridgehead atoms. The van der Waals surface area contributed by atoms with E-state index in [1.54, 1.807) is 24.4 Å². The summed E-state index contributed by atoms with van der Waals surface area (Å²) < 4.78 is 19.0. The molecule has 4 rings (SSSR count). The number of nitrogens with two attached hydrogens (primary N) is 1. The molecule has 3 heterocycles. The number of nitrogens with zero attached hydrogens (tertiary/aromatic N) is 3. The number of nitrogen functional groups attached to an aromatic ring is 1. The minimum absolute atomic E-state index is 0.155. The fraction of sp³-hybridized carbons (Fsp3) is 0.261. The van der Waals surface area contributed by atoms with Crippen molar-refractivity contribution in [1.82, 2.24) is 14.9 Å². The van der Waals surface area contributed by atoms with E-state index in [2.05, 4.69) is 15.3 Å². The van der Waals surface area contributed by atoms with Gasteiger partial charge in [0.25, 0.3) is 0 Å². The number of halogens is 1. The molecule has 160 valence electrons. The Morgan fingerprint density at radius 1 is 1.23 bits per heavy atom. The average molecular weight is 421 g/mol. The Morgan fingerprint density at radius 3 is 2.77 bits per heavy atom. The maximum absolute atomic E-state index is 13.0. The predicted molar refractivity (Wildman–Crippen MR) is 117 cm³/mol. The van der Waals surface area contributed by atoms with Crippen LogP contribution in [0.25, 0.3) is 11.1 Å². The molecular weight excluding hydrogens is 397 g/mol. The van der Waals surface area contributed by atoms with Crippen LogP contribution in [0.3, 0.4) is 0 Å². The van der Waals surface area contributed by atoms with Crippen LogP contribution in [0.5, 0.6) is 0 Å². The summed E-state index contributed by atoms with van der Waals surface area (Å²) in [7, 11) is 0. The molecule has 0 spiro atoms. The van der Waals surface area contributed by atoms with E-state index in [9.17, 15) is 9.18 Å². The zero-order valence-corrected chi connectivity index (χ0v) is 17.2. The molecule has 8 heteroatoms. The summed E-state index contributed by atoms with van der Waals surface area (Å²) in [6, 6.07) is 13.4. The van der Waals surface area contributed by atoms with Gasteiger partial charge >= 0.3 is 0 Å². The lowest BCUT2D eigenvalue weighted by Gasteiger charge is -2.32. The van der Waals surface area contributed by atoms with Gasteiger partial charge in [-0.3, -0.25) is 14.7 Å². The summed E-state index contributed by atoms with van der Waals surface area (Å²) in [5.41, 5.74) is 9.89. The van der Waals surface area contributed by atoms with Gasteiger partial charge in [-0.1, -0.05) is 0 Å². The monoisotopic (exact) mass is 421 g/mol. The first kappa shape index (κ1) is 20.9. The van der Waals surface area contributed by atoms with Crippen molar-refractivity contribution in [1.29, 1.82) is 0 Å². The van der Waals surface area contributed by atoms with Crippen molar-refractivity contribution in [2.75, 3.05) is 37.3 Å². The maximum Gasteiger partial charge on any atom is 0.238 e. The van der Waals surface area contributed by atoms with E-state index < -0.39 is 0 Å². The van der Waals surface area contributed by atoms with E-state index in [1.165, 1.54) is 12.1 Å². The van der Waals surface area contributed by atoms with Crippen LogP contribution in [0.1, 0.15) is 17.5 Å². The molecule has 0 aliphatic carbocycles. The van der Waals surface area contributed by atoms with Crippen LogP contribution in [0, 0.1) is 12.7 Å². The van der Waals surface area contributed by atoms with Gasteiger partial charge in [0.1, 0.15) is 17.7 Å². The number of aryl methyl sites for hydroxylation is 1. The van der Waals surface area contributed by atoms with Crippen molar-refractivity contribution in [3.8, 4) is 11.1 Å². The van der Waals surface area contributed by atoms with E-state index in [1.807, 2.05) is 30.0 Å². The van der Waals surface area contributed by atoms with Crippen molar-refractivity contribution in [3.05, 3.63) is 71.9 Å². The minimum atomic E-state index is -0.339. The van der Waals surface area contributed by atoms with Crippen molar-refractivity contribution in [3.63, 3.8) is 0 Å². The smallest absolute Gasteiger partial charge is 0.238 e. The van der Waals surface area contributed by atoms with Gasteiger partial charge in [0.05, 0.1) is 18.8 Å². The van der Waals surface area contributed by atoms with Gasteiger partial charge in [-0.2, -0.15) is 0 Å². The summed E-state index contributed by atoms with van der Waals surface area (Å²) in [4.78, 5) is 23.3. The summed E-state index contributed by atoms with van der Waals surface area (Å²) >= 11 is 0. The number of hydrogen-bond donors (Lipinski definition) is 2. The van der Waals surface area contributed by atoms with Gasteiger partial charge in [0, 0.05) is 36.2 Å². The predicted octanol–water partition coefficient (Wildman–Crippen LogP) is 3.19. The van der Waals surface area contributed by atoms with Crippen LogP contribution in [0.4, 0.5) is 15.9 Å². The highest BCUT2D eigenvalue weighted by atomic mass is 19.1. The van der Waals surface area contributed by atoms with Gasteiger partial charge in [0.15, 0.2) is 0 Å². The number of nitrogens with one attached hydrogen (secondary N) is 1. The lowest BCUT2D eigenvalue weighted by Crippen LogP contribution is -2.42. The number of carbonyl (C=O) groups excluding carboxylic acids is 1. The molecule has 3 aromatic rings. The van der Waals surface area contributed by atoms with Crippen molar-refractivity contribution < 1.29 is 13.9 Å². The second kappa shape index (κ2) is 9.20. The van der Waals surface area contributed by atoms with Gasteiger partial charge in [-0.05, 0) is 61.0 Å². The van der Waals surface area contributed by atoms with Crippen LogP contribution in [0.15, 0.2) is 54.7 Å². The Kier molecular flexibility index (Phi) is 6.20. The number of pyridine rings is 2. The quantitative estimate of drug-likeness (QED) is 0.657. The molecule has 1 unspecified atom stereocenters. The van der Waals surface area contributed by atoms with E-state index in [4.69, 9.17) is 10.5 Å². The molecule has 1 aliphatic rings. The van der Waals surface area contributed by atoms with E-state index in [-0.39, 0.29) is 24.4 Å². The highest BCUT2D eigenvalue weighted by molar-refractivity contribution is 5.92. The number of anilines is 2. The highest BCUT2D eigenvalue weighted by Crippen LogP contribution is 2.27. The number of aromatic nitrogens is 2. The topological polar surface area (TPSA) is 93.4 Å². The molecule has 31 heavy (non-hydrogen) atoms. The standard InChI is InChI=1S/C23H24FN5O2/c1-15-10-17(16-2-7-22(25)26-12-16)11-20(27-15)21-13-29(8-9-31-21)14-23(30)28-19-5-3-18(24)4-6-19/h2-7,10-12,21H,8-9,13-14H2,1H3,(H2,25,26)(H,28,30). The normalized spacial score (nSPS) is 16.8. The van der Waals surface area contributed by atoms with E-state index in [0.717, 1.165) is 22.5 Å².